The molecule has 2 amide bonds. The van der Waals surface area contributed by atoms with Crippen molar-refractivity contribution in [2.75, 3.05) is 18.1 Å². The molecule has 5 heteroatoms. The summed E-state index contributed by atoms with van der Waals surface area (Å²) in [6, 6.07) is 9.13. The van der Waals surface area contributed by atoms with Gasteiger partial charge in [-0.2, -0.15) is 0 Å². The Kier molecular flexibility index (Phi) is 5.55. The van der Waals surface area contributed by atoms with Crippen LogP contribution in [-0.4, -0.2) is 36.1 Å². The van der Waals surface area contributed by atoms with Crippen LogP contribution in [0, 0.1) is 11.8 Å². The first-order valence-corrected chi connectivity index (χ1v) is 7.83. The molecule has 0 spiro atoms. The van der Waals surface area contributed by atoms with Crippen molar-refractivity contribution in [3.63, 3.8) is 0 Å². The number of carbonyl (C=O) groups excluding carboxylic acids is 2. The Labute approximate surface area is 131 Å². The highest BCUT2D eigenvalue weighted by molar-refractivity contribution is 6.00. The van der Waals surface area contributed by atoms with Crippen LogP contribution >= 0.6 is 0 Å². The Morgan fingerprint density at radius 3 is 2.68 bits per heavy atom. The van der Waals surface area contributed by atoms with Crippen LogP contribution in [0.5, 0.6) is 0 Å². The predicted molar refractivity (Wildman–Crippen MR) is 85.4 cm³/mol. The van der Waals surface area contributed by atoms with Crippen LogP contribution in [0.3, 0.4) is 0 Å². The standard InChI is InChI=1S/C17H24N2O3/c1-3-12(2)15(11-20)18-17(22)13-9-16(21)19(10-13)14-7-5-4-6-8-14/h4-8,12-13,15,20H,3,9-11H2,1-2H3,(H,18,22)/t12-,13-,15-/m0/s1. The minimum atomic E-state index is -0.356. The summed E-state index contributed by atoms with van der Waals surface area (Å²) in [7, 11) is 0. The van der Waals surface area contributed by atoms with Gasteiger partial charge in [0, 0.05) is 18.7 Å². The average Bonchev–Trinajstić information content (AvgIpc) is 2.94. The zero-order chi connectivity index (χ0) is 16.1. The number of hydrogen-bond donors (Lipinski definition) is 2. The van der Waals surface area contributed by atoms with E-state index in [4.69, 9.17) is 0 Å². The first-order valence-electron chi connectivity index (χ1n) is 7.83. The van der Waals surface area contributed by atoms with E-state index in [1.807, 2.05) is 44.2 Å². The average molecular weight is 304 g/mol. The maximum absolute atomic E-state index is 12.4. The van der Waals surface area contributed by atoms with Crippen LogP contribution in [0.15, 0.2) is 30.3 Å². The molecule has 0 aromatic heterocycles. The molecule has 2 rings (SSSR count). The molecule has 0 bridgehead atoms. The quantitative estimate of drug-likeness (QED) is 0.838. The number of aliphatic hydroxyl groups excluding tert-OH is 1. The summed E-state index contributed by atoms with van der Waals surface area (Å²) in [5.74, 6) is -0.330. The van der Waals surface area contributed by atoms with Gasteiger partial charge >= 0.3 is 0 Å². The van der Waals surface area contributed by atoms with E-state index in [0.29, 0.717) is 6.54 Å². The predicted octanol–water partition coefficient (Wildman–Crippen LogP) is 1.56. The summed E-state index contributed by atoms with van der Waals surface area (Å²) in [6.45, 7) is 4.34. The number of nitrogens with one attached hydrogen (secondary N) is 1. The summed E-state index contributed by atoms with van der Waals surface area (Å²) >= 11 is 0. The van der Waals surface area contributed by atoms with Crippen LogP contribution in [0.25, 0.3) is 0 Å². The fourth-order valence-electron chi connectivity index (χ4n) is 2.69. The molecule has 0 radical (unpaired) electrons. The molecule has 0 unspecified atom stereocenters. The van der Waals surface area contributed by atoms with Crippen molar-refractivity contribution in [3.05, 3.63) is 30.3 Å². The summed E-state index contributed by atoms with van der Waals surface area (Å²) in [4.78, 5) is 26.1. The van der Waals surface area contributed by atoms with Gasteiger partial charge in [0.2, 0.25) is 11.8 Å². The number of carbonyl (C=O) groups is 2. The molecule has 1 aromatic carbocycles. The second-order valence-corrected chi connectivity index (χ2v) is 5.92. The summed E-state index contributed by atoms with van der Waals surface area (Å²) in [6.07, 6.45) is 1.10. The minimum absolute atomic E-state index is 0.0320. The SMILES string of the molecule is CC[C@H](C)[C@H](CO)NC(=O)[C@H]1CC(=O)N(c2ccccc2)C1. The van der Waals surface area contributed by atoms with Gasteiger partial charge < -0.3 is 15.3 Å². The minimum Gasteiger partial charge on any atom is -0.394 e. The summed E-state index contributed by atoms with van der Waals surface area (Å²) in [5, 5.41) is 12.3. The molecule has 1 heterocycles. The Morgan fingerprint density at radius 2 is 2.09 bits per heavy atom. The Morgan fingerprint density at radius 1 is 1.41 bits per heavy atom. The van der Waals surface area contributed by atoms with Crippen molar-refractivity contribution < 1.29 is 14.7 Å². The van der Waals surface area contributed by atoms with Gasteiger partial charge in [0.1, 0.15) is 0 Å². The van der Waals surface area contributed by atoms with Crippen molar-refractivity contribution in [1.29, 1.82) is 0 Å². The molecule has 1 fully saturated rings. The lowest BCUT2D eigenvalue weighted by Crippen LogP contribution is -2.45. The molecule has 3 atom stereocenters. The number of amides is 2. The van der Waals surface area contributed by atoms with E-state index in [9.17, 15) is 14.7 Å². The number of benzene rings is 1. The van der Waals surface area contributed by atoms with Crippen LogP contribution in [-0.2, 0) is 9.59 Å². The van der Waals surface area contributed by atoms with Gasteiger partial charge in [-0.15, -0.1) is 0 Å². The molecule has 120 valence electrons. The van der Waals surface area contributed by atoms with E-state index in [1.54, 1.807) is 4.90 Å². The zero-order valence-corrected chi connectivity index (χ0v) is 13.2. The van der Waals surface area contributed by atoms with Crippen LogP contribution in [0.2, 0.25) is 0 Å². The molecule has 0 saturated carbocycles. The second-order valence-electron chi connectivity index (χ2n) is 5.92. The lowest BCUT2D eigenvalue weighted by Gasteiger charge is -2.24. The fraction of sp³-hybridized carbons (Fsp3) is 0.529. The van der Waals surface area contributed by atoms with Gasteiger partial charge in [-0.1, -0.05) is 38.5 Å². The highest BCUT2D eigenvalue weighted by Gasteiger charge is 2.36. The molecular weight excluding hydrogens is 280 g/mol. The zero-order valence-electron chi connectivity index (χ0n) is 13.2. The van der Waals surface area contributed by atoms with Gasteiger partial charge in [0.25, 0.3) is 0 Å². The lowest BCUT2D eigenvalue weighted by molar-refractivity contribution is -0.127. The lowest BCUT2D eigenvalue weighted by atomic mass is 9.98. The second kappa shape index (κ2) is 7.40. The number of hydrogen-bond acceptors (Lipinski definition) is 3. The van der Waals surface area contributed by atoms with Crippen LogP contribution in [0.4, 0.5) is 5.69 Å². The van der Waals surface area contributed by atoms with Crippen molar-refractivity contribution in [2.24, 2.45) is 11.8 Å². The van der Waals surface area contributed by atoms with Crippen molar-refractivity contribution in [3.8, 4) is 0 Å². The fourth-order valence-corrected chi connectivity index (χ4v) is 2.69. The highest BCUT2D eigenvalue weighted by Crippen LogP contribution is 2.25. The number of para-hydroxylation sites is 1. The molecule has 0 aliphatic carbocycles. The van der Waals surface area contributed by atoms with E-state index in [1.165, 1.54) is 0 Å². The summed E-state index contributed by atoms with van der Waals surface area (Å²) in [5.41, 5.74) is 0.823. The van der Waals surface area contributed by atoms with E-state index < -0.39 is 0 Å². The van der Waals surface area contributed by atoms with Gasteiger partial charge in [-0.25, -0.2) is 0 Å². The molecule has 5 nitrogen and oxygen atoms in total. The summed E-state index contributed by atoms with van der Waals surface area (Å²) < 4.78 is 0. The van der Waals surface area contributed by atoms with Gasteiger partial charge in [-0.05, 0) is 18.1 Å². The van der Waals surface area contributed by atoms with Gasteiger partial charge in [0.05, 0.1) is 18.6 Å². The number of anilines is 1. The molecule has 22 heavy (non-hydrogen) atoms. The molecule has 1 aliphatic rings. The monoisotopic (exact) mass is 304 g/mol. The molecule has 1 saturated heterocycles. The Bertz CT molecular complexity index is 518. The number of aliphatic hydroxyl groups is 1. The Hall–Kier alpha value is -1.88. The third-order valence-electron chi connectivity index (χ3n) is 4.42. The van der Waals surface area contributed by atoms with E-state index in [-0.39, 0.29) is 42.7 Å². The topological polar surface area (TPSA) is 69.6 Å². The molecular formula is C17H24N2O3. The molecule has 1 aliphatic heterocycles. The van der Waals surface area contributed by atoms with Gasteiger partial charge in [0.15, 0.2) is 0 Å². The van der Waals surface area contributed by atoms with E-state index in [0.717, 1.165) is 12.1 Å². The van der Waals surface area contributed by atoms with Crippen molar-refractivity contribution in [1.82, 2.24) is 5.32 Å². The van der Waals surface area contributed by atoms with Crippen LogP contribution in [0.1, 0.15) is 26.7 Å². The number of nitrogens with zero attached hydrogens (tertiary/aromatic N) is 1. The van der Waals surface area contributed by atoms with Crippen LogP contribution < -0.4 is 10.2 Å². The molecule has 2 N–H and O–H groups in total. The third kappa shape index (κ3) is 3.65. The van der Waals surface area contributed by atoms with Crippen molar-refractivity contribution >= 4 is 17.5 Å². The van der Waals surface area contributed by atoms with Crippen molar-refractivity contribution in [2.45, 2.75) is 32.7 Å². The highest BCUT2D eigenvalue weighted by atomic mass is 16.3. The van der Waals surface area contributed by atoms with E-state index in [2.05, 4.69) is 5.32 Å². The Balaban J connectivity index is 1.99. The van der Waals surface area contributed by atoms with Gasteiger partial charge in [-0.3, -0.25) is 9.59 Å². The molecule has 1 aromatic rings. The number of rotatable bonds is 6. The third-order valence-corrected chi connectivity index (χ3v) is 4.42. The first kappa shape index (κ1) is 16.5. The van der Waals surface area contributed by atoms with E-state index >= 15 is 0 Å². The maximum Gasteiger partial charge on any atom is 0.227 e. The first-order chi connectivity index (χ1) is 10.6. The normalized spacial score (nSPS) is 20.8. The smallest absolute Gasteiger partial charge is 0.227 e. The maximum atomic E-state index is 12.4. The largest absolute Gasteiger partial charge is 0.394 e.